The third-order valence-corrected chi connectivity index (χ3v) is 7.95. The van der Waals surface area contributed by atoms with Crippen LogP contribution in [0.25, 0.3) is 22.5 Å². The van der Waals surface area contributed by atoms with Gasteiger partial charge in [-0.15, -0.1) is 0 Å². The highest BCUT2D eigenvalue weighted by Crippen LogP contribution is 2.35. The summed E-state index contributed by atoms with van der Waals surface area (Å²) >= 11 is 0. The van der Waals surface area contributed by atoms with Gasteiger partial charge < -0.3 is 28.7 Å². The molecule has 12 nitrogen and oxygen atoms in total. The predicted octanol–water partition coefficient (Wildman–Crippen LogP) is 6.71. The van der Waals surface area contributed by atoms with Crippen molar-refractivity contribution in [2.75, 3.05) is 64.4 Å². The van der Waals surface area contributed by atoms with Gasteiger partial charge in [0.1, 0.15) is 47.0 Å². The summed E-state index contributed by atoms with van der Waals surface area (Å²) in [6, 6.07) is 22.6. The van der Waals surface area contributed by atoms with Crippen molar-refractivity contribution in [2.45, 2.75) is 27.7 Å². The Bertz CT molecular complexity index is 1830. The van der Waals surface area contributed by atoms with Gasteiger partial charge in [-0.05, 0) is 76.2 Å². The smallest absolute Gasteiger partial charge is 0.161 e. The number of anilines is 2. The molecule has 0 saturated carbocycles. The fourth-order valence-electron chi connectivity index (χ4n) is 5.25. The molecule has 0 N–H and O–H groups in total. The highest BCUT2D eigenvalue weighted by Gasteiger charge is 2.20. The van der Waals surface area contributed by atoms with E-state index in [-0.39, 0.29) is 0 Å². The molecule has 0 aliphatic heterocycles. The minimum Gasteiger partial charge on any atom is -0.493 e. The highest BCUT2D eigenvalue weighted by molar-refractivity contribution is 5.73. The molecule has 0 aliphatic carbocycles. The molecule has 0 bridgehead atoms. The zero-order valence-electron chi connectivity index (χ0n) is 29.7. The first kappa shape index (κ1) is 38.0. The lowest BCUT2D eigenvalue weighted by Crippen LogP contribution is -2.24. The number of rotatable bonds is 12. The Hall–Kier alpha value is -6.50. The van der Waals surface area contributed by atoms with Gasteiger partial charge in [0, 0.05) is 37.3 Å². The van der Waals surface area contributed by atoms with Crippen molar-refractivity contribution in [3.8, 4) is 69.8 Å². The quantitative estimate of drug-likeness (QED) is 0.156. The summed E-state index contributed by atoms with van der Waals surface area (Å²) in [6.07, 6.45) is 0. The molecule has 0 spiro atoms. The van der Waals surface area contributed by atoms with E-state index < -0.39 is 0 Å². The minimum atomic E-state index is 0.301. The number of benzene rings is 2. The number of nitrogens with zero attached hydrogens (tertiary/aromatic N) is 8. The van der Waals surface area contributed by atoms with Gasteiger partial charge in [0.15, 0.2) is 23.0 Å². The zero-order valence-corrected chi connectivity index (χ0v) is 29.7. The highest BCUT2D eigenvalue weighted by atomic mass is 16.5. The lowest BCUT2D eigenvalue weighted by atomic mass is 10.0. The predicted molar refractivity (Wildman–Crippen MR) is 192 cm³/mol. The van der Waals surface area contributed by atoms with Crippen LogP contribution in [0.2, 0.25) is 0 Å². The molecule has 0 radical (unpaired) electrons. The van der Waals surface area contributed by atoms with Crippen LogP contribution in [0.3, 0.4) is 0 Å². The summed E-state index contributed by atoms with van der Waals surface area (Å²) in [5.41, 5.74) is 4.01. The molecule has 2 aromatic carbocycles. The maximum atomic E-state index is 9.48. The first-order chi connectivity index (χ1) is 24.2. The van der Waals surface area contributed by atoms with Crippen LogP contribution in [-0.2, 0) is 0 Å². The van der Waals surface area contributed by atoms with Crippen molar-refractivity contribution in [2.24, 2.45) is 0 Å². The average molecular weight is 673 g/mol. The molecule has 0 unspecified atom stereocenters. The van der Waals surface area contributed by atoms with E-state index in [9.17, 15) is 21.0 Å². The summed E-state index contributed by atoms with van der Waals surface area (Å²) in [4.78, 5) is 13.2. The van der Waals surface area contributed by atoms with Crippen LogP contribution < -0.4 is 28.7 Å². The second kappa shape index (κ2) is 18.2. The maximum absolute atomic E-state index is 9.48. The number of nitriles is 4. The summed E-state index contributed by atoms with van der Waals surface area (Å²) in [6.45, 7) is 10.7. The second-order valence-electron chi connectivity index (χ2n) is 10.4. The largest absolute Gasteiger partial charge is 0.493 e. The van der Waals surface area contributed by atoms with Gasteiger partial charge >= 0.3 is 0 Å². The van der Waals surface area contributed by atoms with Crippen LogP contribution in [0.5, 0.6) is 23.0 Å². The lowest BCUT2D eigenvalue weighted by molar-refractivity contribution is 0.355. The van der Waals surface area contributed by atoms with Gasteiger partial charge in [-0.1, -0.05) is 0 Å². The van der Waals surface area contributed by atoms with Gasteiger partial charge in [0.25, 0.3) is 0 Å². The van der Waals surface area contributed by atoms with Crippen molar-refractivity contribution in [1.82, 2.24) is 9.97 Å². The molecular formula is C38H40N8O4. The van der Waals surface area contributed by atoms with Crippen molar-refractivity contribution in [3.63, 3.8) is 0 Å². The molecule has 0 aliphatic rings. The van der Waals surface area contributed by atoms with Crippen molar-refractivity contribution in [3.05, 3.63) is 70.8 Å². The van der Waals surface area contributed by atoms with Crippen LogP contribution in [0.4, 0.5) is 11.6 Å². The van der Waals surface area contributed by atoms with E-state index >= 15 is 0 Å². The van der Waals surface area contributed by atoms with Gasteiger partial charge in [0.2, 0.25) is 0 Å². The number of methoxy groups -OCH3 is 4. The monoisotopic (exact) mass is 672 g/mol. The van der Waals surface area contributed by atoms with Crippen molar-refractivity contribution < 1.29 is 18.9 Å². The van der Waals surface area contributed by atoms with Crippen LogP contribution in [0.1, 0.15) is 49.9 Å². The number of hydrogen-bond donors (Lipinski definition) is 0. The first-order valence-corrected chi connectivity index (χ1v) is 15.9. The van der Waals surface area contributed by atoms with E-state index in [1.807, 2.05) is 49.6 Å². The van der Waals surface area contributed by atoms with Gasteiger partial charge in [-0.25, -0.2) is 9.97 Å². The Balaban J connectivity index is 0.000000270. The topological polar surface area (TPSA) is 164 Å². The summed E-state index contributed by atoms with van der Waals surface area (Å²) in [5, 5.41) is 37.9. The summed E-state index contributed by atoms with van der Waals surface area (Å²) in [7, 11) is 6.28. The first-order valence-electron chi connectivity index (χ1n) is 15.9. The standard InChI is InChI=1S/2C19H20N4O2/c2*1-5-23(6-2)19-15(12-21)14(11-20)9-16(22-19)13-7-8-17(24-3)18(10-13)25-4/h2*7-10H,5-6H2,1-4H3. The van der Waals surface area contributed by atoms with Gasteiger partial charge in [-0.3, -0.25) is 0 Å². The Kier molecular flexibility index (Phi) is 13.8. The fourth-order valence-corrected chi connectivity index (χ4v) is 5.25. The van der Waals surface area contributed by atoms with E-state index in [0.29, 0.717) is 94.5 Å². The molecule has 256 valence electrons. The zero-order chi connectivity index (χ0) is 36.8. The SMILES string of the molecule is CCN(CC)c1nc(-c2ccc(OC)c(OC)c2)cc(C#N)c1C#N.CCN(CC)c1nc(-c2ccc(OC)c(OC)c2)cc(C#N)c1C#N. The molecule has 0 amide bonds. The number of hydrogen-bond acceptors (Lipinski definition) is 12. The van der Waals surface area contributed by atoms with E-state index in [4.69, 9.17) is 18.9 Å². The van der Waals surface area contributed by atoms with E-state index in [2.05, 4.69) is 34.2 Å². The fraction of sp³-hybridized carbons (Fsp3) is 0.316. The lowest BCUT2D eigenvalue weighted by Gasteiger charge is -2.22. The van der Waals surface area contributed by atoms with Gasteiger partial charge in [0.05, 0.1) is 51.0 Å². The normalized spacial score (nSPS) is 9.84. The Morgan fingerprint density at radius 3 is 1.10 bits per heavy atom. The Labute approximate surface area is 293 Å². The molecule has 4 rings (SSSR count). The third-order valence-electron chi connectivity index (χ3n) is 7.95. The second-order valence-corrected chi connectivity index (χ2v) is 10.4. The van der Waals surface area contributed by atoms with Crippen LogP contribution in [0, 0.1) is 45.3 Å². The molecule has 0 fully saturated rings. The molecule has 50 heavy (non-hydrogen) atoms. The molecule has 4 aromatic rings. The average Bonchev–Trinajstić information content (AvgIpc) is 3.17. The Morgan fingerprint density at radius 1 is 0.500 bits per heavy atom. The van der Waals surface area contributed by atoms with Crippen LogP contribution >= 0.6 is 0 Å². The van der Waals surface area contributed by atoms with Gasteiger partial charge in [-0.2, -0.15) is 21.0 Å². The van der Waals surface area contributed by atoms with E-state index in [1.165, 1.54) is 0 Å². The minimum absolute atomic E-state index is 0.301. The number of aromatic nitrogens is 2. The summed E-state index contributed by atoms with van der Waals surface area (Å²) in [5.74, 6) is 3.43. The van der Waals surface area contributed by atoms with Crippen molar-refractivity contribution in [1.29, 1.82) is 21.0 Å². The van der Waals surface area contributed by atoms with E-state index in [1.54, 1.807) is 64.8 Å². The van der Waals surface area contributed by atoms with Crippen molar-refractivity contribution >= 4 is 11.6 Å². The molecular weight excluding hydrogens is 632 g/mol. The number of pyridine rings is 2. The third kappa shape index (κ3) is 8.13. The summed E-state index contributed by atoms with van der Waals surface area (Å²) < 4.78 is 21.2. The van der Waals surface area contributed by atoms with Crippen LogP contribution in [0.15, 0.2) is 48.5 Å². The maximum Gasteiger partial charge on any atom is 0.161 e. The molecule has 0 atom stereocenters. The van der Waals surface area contributed by atoms with E-state index in [0.717, 1.165) is 11.1 Å². The Morgan fingerprint density at radius 2 is 0.840 bits per heavy atom. The molecule has 0 saturated heterocycles. The molecule has 12 heteroatoms. The molecule has 2 aromatic heterocycles. The molecule has 2 heterocycles. The van der Waals surface area contributed by atoms with Crippen LogP contribution in [-0.4, -0.2) is 64.6 Å². The number of ether oxygens (including phenoxy) is 4.